The molecule has 0 spiro atoms. The largest absolute Gasteiger partial charge is 0.355 e. The summed E-state index contributed by atoms with van der Waals surface area (Å²) in [6, 6.07) is 20.1. The smallest absolute Gasteiger partial charge is 0.259 e. The van der Waals surface area contributed by atoms with Crippen molar-refractivity contribution in [2.75, 3.05) is 39.8 Å². The number of piperazine rings is 1. The molecule has 1 aliphatic heterocycles. The molecule has 1 aromatic heterocycles. The summed E-state index contributed by atoms with van der Waals surface area (Å²) >= 11 is 0. The van der Waals surface area contributed by atoms with E-state index in [1.807, 2.05) is 48.5 Å². The highest BCUT2D eigenvalue weighted by molar-refractivity contribution is 5.99. The summed E-state index contributed by atoms with van der Waals surface area (Å²) in [4.78, 5) is 42.8. The molecule has 1 aliphatic rings. The van der Waals surface area contributed by atoms with Crippen molar-refractivity contribution < 1.29 is 9.59 Å². The maximum absolute atomic E-state index is 13.4. The first kappa shape index (κ1) is 25.1. The molecule has 1 fully saturated rings. The van der Waals surface area contributed by atoms with Gasteiger partial charge >= 0.3 is 0 Å². The first-order valence-corrected chi connectivity index (χ1v) is 12.3. The van der Waals surface area contributed by atoms with Crippen LogP contribution in [0.25, 0.3) is 6.08 Å². The van der Waals surface area contributed by atoms with Gasteiger partial charge in [0.15, 0.2) is 0 Å². The van der Waals surface area contributed by atoms with Gasteiger partial charge in [0, 0.05) is 58.7 Å². The molecular formula is C29H32N4O3. The zero-order valence-electron chi connectivity index (χ0n) is 20.6. The van der Waals surface area contributed by atoms with Crippen molar-refractivity contribution in [3.8, 4) is 0 Å². The lowest BCUT2D eigenvalue weighted by Gasteiger charge is -2.34. The number of benzene rings is 2. The van der Waals surface area contributed by atoms with E-state index in [-0.39, 0.29) is 17.0 Å². The van der Waals surface area contributed by atoms with Crippen LogP contribution in [-0.4, -0.2) is 66.0 Å². The monoisotopic (exact) mass is 484 g/mol. The van der Waals surface area contributed by atoms with Crippen LogP contribution in [0, 0.1) is 0 Å². The SMILES string of the molecule is CNC(=O)c1cn(CCc2ccccc2)cc(C(=O)N2CCN(C/C=C/c3ccccc3)CC2)c1=O. The van der Waals surface area contributed by atoms with Gasteiger partial charge in [-0.2, -0.15) is 0 Å². The molecule has 0 radical (unpaired) electrons. The third kappa shape index (κ3) is 6.37. The van der Waals surface area contributed by atoms with E-state index in [2.05, 4.69) is 34.5 Å². The highest BCUT2D eigenvalue weighted by Gasteiger charge is 2.26. The van der Waals surface area contributed by atoms with Crippen LogP contribution in [0.15, 0.2) is 83.9 Å². The molecule has 2 heterocycles. The van der Waals surface area contributed by atoms with Crippen LogP contribution in [0.5, 0.6) is 0 Å². The van der Waals surface area contributed by atoms with Crippen LogP contribution in [0.2, 0.25) is 0 Å². The summed E-state index contributed by atoms with van der Waals surface area (Å²) in [5.74, 6) is -0.808. The second kappa shape index (κ2) is 12.1. The first-order chi connectivity index (χ1) is 17.5. The zero-order valence-corrected chi connectivity index (χ0v) is 20.6. The van der Waals surface area contributed by atoms with E-state index in [1.54, 1.807) is 15.7 Å². The Balaban J connectivity index is 1.43. The Labute approximate surface area is 211 Å². The van der Waals surface area contributed by atoms with Crippen LogP contribution >= 0.6 is 0 Å². The van der Waals surface area contributed by atoms with Crippen molar-refractivity contribution in [1.29, 1.82) is 0 Å². The number of hydrogen-bond acceptors (Lipinski definition) is 4. The molecule has 0 atom stereocenters. The molecule has 36 heavy (non-hydrogen) atoms. The van der Waals surface area contributed by atoms with Gasteiger partial charge < -0.3 is 14.8 Å². The lowest BCUT2D eigenvalue weighted by atomic mass is 10.1. The molecule has 7 nitrogen and oxygen atoms in total. The van der Waals surface area contributed by atoms with E-state index in [9.17, 15) is 14.4 Å². The number of nitrogens with one attached hydrogen (secondary N) is 1. The Kier molecular flexibility index (Phi) is 8.47. The maximum atomic E-state index is 13.4. The minimum atomic E-state index is -0.525. The van der Waals surface area contributed by atoms with Crippen LogP contribution in [0.3, 0.4) is 0 Å². The molecule has 0 aliphatic carbocycles. The molecule has 0 unspecified atom stereocenters. The number of aromatic nitrogens is 1. The van der Waals surface area contributed by atoms with Crippen molar-refractivity contribution in [1.82, 2.24) is 19.7 Å². The van der Waals surface area contributed by atoms with Crippen LogP contribution in [-0.2, 0) is 13.0 Å². The Hall–Kier alpha value is -3.97. The quantitative estimate of drug-likeness (QED) is 0.534. The highest BCUT2D eigenvalue weighted by Crippen LogP contribution is 2.10. The standard InChI is InChI=1S/C29H32N4O3/c1-30-28(35)25-21-32(16-14-24-11-6-3-7-12-24)22-26(27(25)34)29(36)33-19-17-31(18-20-33)15-8-13-23-9-4-2-5-10-23/h2-13,21-22H,14-20H2,1H3,(H,30,35)/b13-8+. The lowest BCUT2D eigenvalue weighted by Crippen LogP contribution is -2.49. The summed E-state index contributed by atoms with van der Waals surface area (Å²) in [6.07, 6.45) is 8.08. The van der Waals surface area contributed by atoms with Crippen molar-refractivity contribution in [3.63, 3.8) is 0 Å². The predicted octanol–water partition coefficient (Wildman–Crippen LogP) is 2.92. The van der Waals surface area contributed by atoms with Gasteiger partial charge in [0.1, 0.15) is 11.1 Å². The number of nitrogens with zero attached hydrogens (tertiary/aromatic N) is 3. The third-order valence-electron chi connectivity index (χ3n) is 6.42. The molecule has 186 valence electrons. The van der Waals surface area contributed by atoms with E-state index >= 15 is 0 Å². The second-order valence-electron chi connectivity index (χ2n) is 8.87. The summed E-state index contributed by atoms with van der Waals surface area (Å²) in [5, 5.41) is 2.52. The third-order valence-corrected chi connectivity index (χ3v) is 6.42. The number of pyridine rings is 1. The molecule has 1 N–H and O–H groups in total. The summed E-state index contributed by atoms with van der Waals surface area (Å²) in [6.45, 7) is 3.87. The van der Waals surface area contributed by atoms with Gasteiger partial charge in [-0.1, -0.05) is 72.8 Å². The van der Waals surface area contributed by atoms with Gasteiger partial charge in [-0.05, 0) is 17.5 Å². The second-order valence-corrected chi connectivity index (χ2v) is 8.87. The van der Waals surface area contributed by atoms with E-state index in [1.165, 1.54) is 13.2 Å². The van der Waals surface area contributed by atoms with E-state index in [0.29, 0.717) is 19.6 Å². The minimum absolute atomic E-state index is 0.0129. The highest BCUT2D eigenvalue weighted by atomic mass is 16.2. The molecule has 0 bridgehead atoms. The summed E-state index contributed by atoms with van der Waals surface area (Å²) < 4.78 is 1.77. The Morgan fingerprint density at radius 3 is 2.19 bits per heavy atom. The number of hydrogen-bond donors (Lipinski definition) is 1. The Morgan fingerprint density at radius 2 is 1.53 bits per heavy atom. The van der Waals surface area contributed by atoms with Gasteiger partial charge in [-0.25, -0.2) is 0 Å². The lowest BCUT2D eigenvalue weighted by molar-refractivity contribution is 0.0648. The molecule has 0 saturated carbocycles. The fraction of sp³-hybridized carbons (Fsp3) is 0.276. The average molecular weight is 485 g/mol. The van der Waals surface area contributed by atoms with Crippen molar-refractivity contribution in [2.45, 2.75) is 13.0 Å². The fourth-order valence-electron chi connectivity index (χ4n) is 4.32. The van der Waals surface area contributed by atoms with Crippen LogP contribution in [0.1, 0.15) is 31.8 Å². The van der Waals surface area contributed by atoms with E-state index < -0.39 is 11.3 Å². The fourth-order valence-corrected chi connectivity index (χ4v) is 4.32. The Bertz CT molecular complexity index is 1260. The van der Waals surface area contributed by atoms with Crippen molar-refractivity contribution in [3.05, 3.63) is 112 Å². The van der Waals surface area contributed by atoms with E-state index in [0.717, 1.165) is 37.2 Å². The van der Waals surface area contributed by atoms with Gasteiger partial charge in [-0.15, -0.1) is 0 Å². The normalized spacial score (nSPS) is 14.2. The number of aryl methyl sites for hydroxylation is 2. The molecule has 2 aromatic carbocycles. The molecule has 1 saturated heterocycles. The van der Waals surface area contributed by atoms with Gasteiger partial charge in [0.25, 0.3) is 11.8 Å². The predicted molar refractivity (Wildman–Crippen MR) is 142 cm³/mol. The van der Waals surface area contributed by atoms with Crippen LogP contribution < -0.4 is 10.7 Å². The number of amides is 2. The van der Waals surface area contributed by atoms with Gasteiger partial charge in [0.05, 0.1) is 0 Å². The summed E-state index contributed by atoms with van der Waals surface area (Å²) in [5.41, 5.74) is 1.81. The first-order valence-electron chi connectivity index (χ1n) is 12.3. The van der Waals surface area contributed by atoms with E-state index in [4.69, 9.17) is 0 Å². The average Bonchev–Trinajstić information content (AvgIpc) is 2.93. The topological polar surface area (TPSA) is 74.7 Å². The van der Waals surface area contributed by atoms with Crippen molar-refractivity contribution in [2.24, 2.45) is 0 Å². The van der Waals surface area contributed by atoms with Gasteiger partial charge in [-0.3, -0.25) is 19.3 Å². The molecule has 4 rings (SSSR count). The maximum Gasteiger partial charge on any atom is 0.259 e. The van der Waals surface area contributed by atoms with Gasteiger partial charge in [0.2, 0.25) is 5.43 Å². The summed E-state index contributed by atoms with van der Waals surface area (Å²) in [7, 11) is 1.48. The molecule has 7 heteroatoms. The molecule has 2 amide bonds. The number of rotatable bonds is 8. The number of carbonyl (C=O) groups excluding carboxylic acids is 2. The molecule has 3 aromatic rings. The number of carbonyl (C=O) groups is 2. The zero-order chi connectivity index (χ0) is 25.3. The Morgan fingerprint density at radius 1 is 0.889 bits per heavy atom. The molecular weight excluding hydrogens is 452 g/mol. The van der Waals surface area contributed by atoms with Crippen LogP contribution in [0.4, 0.5) is 0 Å². The van der Waals surface area contributed by atoms with Crippen molar-refractivity contribution >= 4 is 17.9 Å². The minimum Gasteiger partial charge on any atom is -0.355 e.